The number of nitrogens with zero attached hydrogens (tertiary/aromatic N) is 1. The predicted molar refractivity (Wildman–Crippen MR) is 157 cm³/mol. The van der Waals surface area contributed by atoms with E-state index >= 15 is 0 Å². The summed E-state index contributed by atoms with van der Waals surface area (Å²) in [5, 5.41) is 2.11. The highest BCUT2D eigenvalue weighted by molar-refractivity contribution is 7.58. The second kappa shape index (κ2) is 13.8. The lowest BCUT2D eigenvalue weighted by molar-refractivity contribution is -0.189. The van der Waals surface area contributed by atoms with Crippen LogP contribution in [0.2, 0.25) is 10.0 Å². The third kappa shape index (κ3) is 8.18. The van der Waals surface area contributed by atoms with Crippen LogP contribution in [0.25, 0.3) is 11.1 Å². The molecule has 0 radical (unpaired) electrons. The Kier molecular flexibility index (Phi) is 11.0. The Labute approximate surface area is 236 Å². The zero-order valence-electron chi connectivity index (χ0n) is 22.6. The van der Waals surface area contributed by atoms with Gasteiger partial charge in [0, 0.05) is 20.1 Å². The van der Waals surface area contributed by atoms with Crippen LogP contribution in [0.3, 0.4) is 0 Å². The third-order valence-electron chi connectivity index (χ3n) is 6.49. The smallest absolute Gasteiger partial charge is 0.243 e. The van der Waals surface area contributed by atoms with Gasteiger partial charge in [-0.05, 0) is 59.2 Å². The highest BCUT2D eigenvalue weighted by Crippen LogP contribution is 2.59. The van der Waals surface area contributed by atoms with E-state index in [0.717, 1.165) is 22.3 Å². The van der Waals surface area contributed by atoms with Gasteiger partial charge in [0.05, 0.1) is 22.3 Å². The summed E-state index contributed by atoms with van der Waals surface area (Å²) in [6.45, 7) is 10.0. The molecule has 0 bridgehead atoms. The first-order valence-electron chi connectivity index (χ1n) is 12.8. The molecule has 0 spiro atoms. The Morgan fingerprint density at radius 2 is 1.50 bits per heavy atom. The topological polar surface area (TPSA) is 55.8 Å². The number of hydrogen-bond acceptors (Lipinski definition) is 4. The number of amides is 1. The average molecular weight is 577 g/mol. The Morgan fingerprint density at radius 1 is 0.921 bits per heavy atom. The van der Waals surface area contributed by atoms with Crippen molar-refractivity contribution in [1.82, 2.24) is 5.06 Å². The van der Waals surface area contributed by atoms with E-state index in [-0.39, 0.29) is 19.1 Å². The second-order valence-electron chi connectivity index (χ2n) is 9.67. The first-order valence-corrected chi connectivity index (χ1v) is 15.7. The summed E-state index contributed by atoms with van der Waals surface area (Å²) >= 11 is 12.3. The van der Waals surface area contributed by atoms with Crippen molar-refractivity contribution in [3.05, 3.63) is 93.5 Å². The fourth-order valence-electron chi connectivity index (χ4n) is 4.30. The van der Waals surface area contributed by atoms with Crippen molar-refractivity contribution in [2.75, 3.05) is 19.8 Å². The van der Waals surface area contributed by atoms with Gasteiger partial charge in [-0.2, -0.15) is 0 Å². The normalized spacial score (nSPS) is 13.8. The molecular weight excluding hydrogens is 540 g/mol. The van der Waals surface area contributed by atoms with E-state index in [1.54, 1.807) is 31.8 Å². The summed E-state index contributed by atoms with van der Waals surface area (Å²) in [6, 6.07) is 21.9. The van der Waals surface area contributed by atoms with Crippen molar-refractivity contribution in [1.29, 1.82) is 0 Å². The molecule has 1 amide bonds. The van der Waals surface area contributed by atoms with Gasteiger partial charge in [0.2, 0.25) is 13.3 Å². The van der Waals surface area contributed by atoms with Crippen LogP contribution in [0, 0.1) is 0 Å². The summed E-state index contributed by atoms with van der Waals surface area (Å²) < 4.78 is 19.1. The van der Waals surface area contributed by atoms with E-state index in [1.165, 1.54) is 17.6 Å². The molecule has 38 heavy (non-hydrogen) atoms. The van der Waals surface area contributed by atoms with Crippen molar-refractivity contribution < 1.29 is 18.7 Å². The first-order chi connectivity index (χ1) is 18.0. The molecule has 0 aromatic heterocycles. The van der Waals surface area contributed by atoms with Crippen molar-refractivity contribution >= 4 is 36.5 Å². The van der Waals surface area contributed by atoms with Crippen molar-refractivity contribution in [2.45, 2.75) is 52.3 Å². The van der Waals surface area contributed by atoms with Gasteiger partial charge >= 0.3 is 0 Å². The molecule has 0 aliphatic heterocycles. The van der Waals surface area contributed by atoms with Gasteiger partial charge in [0.25, 0.3) is 0 Å². The monoisotopic (exact) mass is 575 g/mol. The molecule has 0 fully saturated rings. The lowest BCUT2D eigenvalue weighted by Gasteiger charge is -2.28. The maximum atomic E-state index is 13.4. The highest BCUT2D eigenvalue weighted by Gasteiger charge is 2.31. The van der Waals surface area contributed by atoms with Crippen LogP contribution in [-0.2, 0) is 25.3 Å². The van der Waals surface area contributed by atoms with Crippen LogP contribution in [0.5, 0.6) is 0 Å². The maximum absolute atomic E-state index is 13.4. The minimum absolute atomic E-state index is 0.234. The predicted octanol–water partition coefficient (Wildman–Crippen LogP) is 9.14. The molecule has 0 N–H and O–H groups in total. The maximum Gasteiger partial charge on any atom is 0.243 e. The number of benzene rings is 3. The van der Waals surface area contributed by atoms with E-state index in [4.69, 9.17) is 32.6 Å². The standard InChI is InChI=1S/C30H36Cl2NO4P/c1-6-37-38(5,35)30(27-15-16-28(31)29(32)19-27)17-18-33(22(4)34)36-20-23-7-9-25(10-8-23)26-13-11-24(12-14-26)21(2)3/h7-16,19,21,30H,6,17-18,20H2,1-5H3. The van der Waals surface area contributed by atoms with Gasteiger partial charge in [-0.3, -0.25) is 14.2 Å². The van der Waals surface area contributed by atoms with E-state index in [0.29, 0.717) is 29.0 Å². The van der Waals surface area contributed by atoms with Crippen LogP contribution in [0.1, 0.15) is 62.4 Å². The van der Waals surface area contributed by atoms with E-state index in [2.05, 4.69) is 50.2 Å². The minimum atomic E-state index is -3.06. The summed E-state index contributed by atoms with van der Waals surface area (Å²) in [5.41, 5.74) is 4.80. The molecule has 3 aromatic rings. The van der Waals surface area contributed by atoms with Gasteiger partial charge in [-0.1, -0.05) is 91.6 Å². The second-order valence-corrected chi connectivity index (χ2v) is 13.2. The lowest BCUT2D eigenvalue weighted by Crippen LogP contribution is -2.30. The van der Waals surface area contributed by atoms with Crippen LogP contribution < -0.4 is 0 Å². The summed E-state index contributed by atoms with van der Waals surface area (Å²) in [5.74, 6) is 0.262. The average Bonchev–Trinajstić information content (AvgIpc) is 2.88. The van der Waals surface area contributed by atoms with Crippen LogP contribution in [-0.4, -0.2) is 30.8 Å². The molecule has 5 nitrogen and oxygen atoms in total. The number of hydrogen-bond donors (Lipinski definition) is 0. The Morgan fingerprint density at radius 3 is 2.03 bits per heavy atom. The van der Waals surface area contributed by atoms with Gasteiger partial charge in [-0.25, -0.2) is 5.06 Å². The van der Waals surface area contributed by atoms with Gasteiger partial charge in [0.1, 0.15) is 6.61 Å². The number of halogens is 2. The molecule has 2 unspecified atom stereocenters. The minimum Gasteiger partial charge on any atom is -0.329 e. The quantitative estimate of drug-likeness (QED) is 0.159. The fraction of sp³-hybridized carbons (Fsp3) is 0.367. The molecule has 2 atom stereocenters. The SMILES string of the molecule is CCOP(C)(=O)C(CCN(OCc1ccc(-c2ccc(C(C)C)cc2)cc1)C(C)=O)c1ccc(Cl)c(Cl)c1. The molecule has 204 valence electrons. The molecular formula is C30H36Cl2NO4P. The molecule has 0 saturated heterocycles. The fourth-order valence-corrected chi connectivity index (χ4v) is 6.58. The molecule has 0 saturated carbocycles. The van der Waals surface area contributed by atoms with Crippen LogP contribution in [0.4, 0.5) is 0 Å². The van der Waals surface area contributed by atoms with E-state index in [1.807, 2.05) is 12.1 Å². The van der Waals surface area contributed by atoms with Crippen molar-refractivity contribution in [2.24, 2.45) is 0 Å². The van der Waals surface area contributed by atoms with Gasteiger partial charge in [-0.15, -0.1) is 0 Å². The van der Waals surface area contributed by atoms with Crippen LogP contribution >= 0.6 is 30.6 Å². The zero-order valence-corrected chi connectivity index (χ0v) is 25.0. The number of hydroxylamine groups is 2. The van der Waals surface area contributed by atoms with Crippen molar-refractivity contribution in [3.8, 4) is 11.1 Å². The van der Waals surface area contributed by atoms with Gasteiger partial charge in [0.15, 0.2) is 0 Å². The van der Waals surface area contributed by atoms with Crippen LogP contribution in [0.15, 0.2) is 66.7 Å². The highest BCUT2D eigenvalue weighted by atomic mass is 35.5. The number of rotatable bonds is 12. The molecule has 8 heteroatoms. The van der Waals surface area contributed by atoms with E-state index < -0.39 is 13.0 Å². The Balaban J connectivity index is 1.68. The Bertz CT molecular complexity index is 1260. The summed E-state index contributed by atoms with van der Waals surface area (Å²) in [7, 11) is -3.06. The number of carbonyl (C=O) groups is 1. The van der Waals surface area contributed by atoms with Crippen molar-refractivity contribution in [3.63, 3.8) is 0 Å². The van der Waals surface area contributed by atoms with E-state index in [9.17, 15) is 9.36 Å². The molecule has 3 aromatic carbocycles. The molecule has 3 rings (SSSR count). The van der Waals surface area contributed by atoms with Gasteiger partial charge < -0.3 is 4.52 Å². The zero-order chi connectivity index (χ0) is 27.9. The third-order valence-corrected chi connectivity index (χ3v) is 9.69. The molecule has 0 aliphatic rings. The summed E-state index contributed by atoms with van der Waals surface area (Å²) in [6.07, 6.45) is 0.372. The summed E-state index contributed by atoms with van der Waals surface area (Å²) in [4.78, 5) is 18.3. The number of carbonyl (C=O) groups excluding carboxylic acids is 1. The lowest BCUT2D eigenvalue weighted by atomic mass is 9.98. The first kappa shape index (κ1) is 30.4. The largest absolute Gasteiger partial charge is 0.329 e. The Hall–Kier alpha value is -2.14. The molecule has 0 heterocycles. The molecule has 0 aliphatic carbocycles.